The molecule has 0 radical (unpaired) electrons. The first-order chi connectivity index (χ1) is 9.95. The van der Waals surface area contributed by atoms with Gasteiger partial charge in [0.2, 0.25) is 0 Å². The van der Waals surface area contributed by atoms with E-state index in [-0.39, 0.29) is 11.4 Å². The summed E-state index contributed by atoms with van der Waals surface area (Å²) < 4.78 is 5.14. The molecule has 1 aliphatic heterocycles. The third-order valence-electron chi connectivity index (χ3n) is 3.46. The van der Waals surface area contributed by atoms with Gasteiger partial charge in [0.15, 0.2) is 0 Å². The number of benzene rings is 1. The Bertz CT molecular complexity index is 552. The Balaban J connectivity index is 2.23. The molecule has 1 heterocycles. The van der Waals surface area contributed by atoms with Gasteiger partial charge in [-0.25, -0.2) is 9.59 Å². The van der Waals surface area contributed by atoms with E-state index in [9.17, 15) is 14.7 Å². The summed E-state index contributed by atoms with van der Waals surface area (Å²) in [5.41, 5.74) is 0.660. The van der Waals surface area contributed by atoms with Gasteiger partial charge in [0.25, 0.3) is 0 Å². The van der Waals surface area contributed by atoms with Crippen LogP contribution in [0.3, 0.4) is 0 Å². The van der Waals surface area contributed by atoms with Crippen LogP contribution in [0.5, 0.6) is 5.75 Å². The molecule has 1 aromatic carbocycles. The van der Waals surface area contributed by atoms with Crippen molar-refractivity contribution in [2.45, 2.75) is 18.3 Å². The molecule has 1 fully saturated rings. The number of hydrogen-bond acceptors (Lipinski definition) is 4. The lowest BCUT2D eigenvalue weighted by Crippen LogP contribution is -2.50. The first-order valence-electron chi connectivity index (χ1n) is 6.50. The van der Waals surface area contributed by atoms with E-state index in [0.29, 0.717) is 17.2 Å². The average molecular weight is 310 g/mol. The van der Waals surface area contributed by atoms with Crippen LogP contribution in [0.4, 0.5) is 10.5 Å². The van der Waals surface area contributed by atoms with E-state index in [4.69, 9.17) is 4.74 Å². The maximum absolute atomic E-state index is 12.6. The number of anilines is 1. The molecular weight excluding hydrogens is 292 g/mol. The molecule has 0 aliphatic carbocycles. The summed E-state index contributed by atoms with van der Waals surface area (Å²) in [6.07, 6.45) is 0. The number of urea groups is 1. The van der Waals surface area contributed by atoms with Gasteiger partial charge in [0.1, 0.15) is 11.8 Å². The molecule has 1 N–H and O–H groups in total. The molecule has 0 saturated carbocycles. The summed E-state index contributed by atoms with van der Waals surface area (Å²) in [6, 6.07) is 5.98. The molecule has 2 rings (SSSR count). The fraction of sp³-hybridized carbons (Fsp3) is 0.429. The van der Waals surface area contributed by atoms with Crippen LogP contribution in [-0.2, 0) is 4.79 Å². The van der Waals surface area contributed by atoms with Gasteiger partial charge in [-0.3, -0.25) is 9.80 Å². The molecule has 7 heteroatoms. The molecule has 1 saturated heterocycles. The van der Waals surface area contributed by atoms with E-state index in [1.165, 1.54) is 21.6 Å². The van der Waals surface area contributed by atoms with Crippen LogP contribution in [0.25, 0.3) is 0 Å². The first-order valence-corrected chi connectivity index (χ1v) is 7.55. The predicted molar refractivity (Wildman–Crippen MR) is 82.0 cm³/mol. The van der Waals surface area contributed by atoms with Crippen LogP contribution < -0.4 is 9.64 Å². The maximum atomic E-state index is 12.6. The molecule has 2 atom stereocenters. The van der Waals surface area contributed by atoms with E-state index < -0.39 is 12.0 Å². The molecule has 0 aromatic heterocycles. The van der Waals surface area contributed by atoms with Gasteiger partial charge >= 0.3 is 12.0 Å². The number of amides is 2. The Kier molecular flexibility index (Phi) is 4.62. The molecular formula is C14H18N2O4S. The minimum Gasteiger partial charge on any atom is -0.497 e. The van der Waals surface area contributed by atoms with Crippen LogP contribution in [0.2, 0.25) is 0 Å². The molecule has 0 bridgehead atoms. The van der Waals surface area contributed by atoms with Crippen molar-refractivity contribution in [1.29, 1.82) is 0 Å². The quantitative estimate of drug-likeness (QED) is 0.926. The van der Waals surface area contributed by atoms with Crippen molar-refractivity contribution in [2.24, 2.45) is 0 Å². The number of hydrogen-bond donors (Lipinski definition) is 1. The largest absolute Gasteiger partial charge is 0.497 e. The molecule has 0 spiro atoms. The summed E-state index contributed by atoms with van der Waals surface area (Å²) in [7, 11) is 3.19. The van der Waals surface area contributed by atoms with Crippen LogP contribution in [0, 0.1) is 0 Å². The van der Waals surface area contributed by atoms with Crippen molar-refractivity contribution in [1.82, 2.24) is 4.90 Å². The van der Waals surface area contributed by atoms with Gasteiger partial charge in [0, 0.05) is 24.6 Å². The fourth-order valence-corrected chi connectivity index (χ4v) is 3.39. The second-order valence-electron chi connectivity index (χ2n) is 4.74. The van der Waals surface area contributed by atoms with Crippen molar-refractivity contribution in [3.05, 3.63) is 24.3 Å². The molecule has 1 aliphatic rings. The number of nitrogens with zero attached hydrogens (tertiary/aromatic N) is 2. The Morgan fingerprint density at radius 3 is 2.81 bits per heavy atom. The smallest absolute Gasteiger partial charge is 0.327 e. The topological polar surface area (TPSA) is 70.1 Å². The van der Waals surface area contributed by atoms with Gasteiger partial charge < -0.3 is 9.84 Å². The van der Waals surface area contributed by atoms with Gasteiger partial charge in [-0.15, -0.1) is 11.8 Å². The van der Waals surface area contributed by atoms with Gasteiger partial charge in [-0.2, -0.15) is 0 Å². The molecule has 21 heavy (non-hydrogen) atoms. The van der Waals surface area contributed by atoms with Crippen molar-refractivity contribution in [3.8, 4) is 5.75 Å². The minimum atomic E-state index is -0.973. The Hall–Kier alpha value is -1.89. The normalized spacial score (nSPS) is 21.2. The SMILES string of the molecule is COc1cccc(N(C)C(=O)N2C(C)SCC2C(=O)O)c1. The maximum Gasteiger partial charge on any atom is 0.327 e. The first kappa shape index (κ1) is 15.5. The highest BCUT2D eigenvalue weighted by Gasteiger charge is 2.40. The number of thioether (sulfide) groups is 1. The average Bonchev–Trinajstić information content (AvgIpc) is 2.87. The van der Waals surface area contributed by atoms with Crippen molar-refractivity contribution < 1.29 is 19.4 Å². The van der Waals surface area contributed by atoms with Crippen LogP contribution in [0.1, 0.15) is 6.92 Å². The number of ether oxygens (including phenoxy) is 1. The van der Waals surface area contributed by atoms with E-state index in [0.717, 1.165) is 0 Å². The summed E-state index contributed by atoms with van der Waals surface area (Å²) >= 11 is 1.46. The van der Waals surface area contributed by atoms with Crippen molar-refractivity contribution >= 4 is 29.4 Å². The van der Waals surface area contributed by atoms with E-state index >= 15 is 0 Å². The number of methoxy groups -OCH3 is 1. The van der Waals surface area contributed by atoms with Crippen LogP contribution in [0.15, 0.2) is 24.3 Å². The summed E-state index contributed by atoms with van der Waals surface area (Å²) in [6.45, 7) is 1.84. The second-order valence-corrected chi connectivity index (χ2v) is 6.09. The van der Waals surface area contributed by atoms with Crippen LogP contribution in [-0.4, -0.2) is 53.3 Å². The number of carbonyl (C=O) groups excluding carboxylic acids is 1. The van der Waals surface area contributed by atoms with Crippen molar-refractivity contribution in [3.63, 3.8) is 0 Å². The zero-order valence-corrected chi connectivity index (χ0v) is 13.0. The van der Waals surface area contributed by atoms with Gasteiger partial charge in [-0.05, 0) is 19.1 Å². The highest BCUT2D eigenvalue weighted by molar-refractivity contribution is 8.00. The number of rotatable bonds is 3. The van der Waals surface area contributed by atoms with Gasteiger partial charge in [0.05, 0.1) is 12.5 Å². The number of carbonyl (C=O) groups is 2. The molecule has 2 unspecified atom stereocenters. The Morgan fingerprint density at radius 2 is 2.19 bits per heavy atom. The number of carboxylic acid groups (broad SMARTS) is 1. The zero-order valence-electron chi connectivity index (χ0n) is 12.1. The van der Waals surface area contributed by atoms with E-state index in [1.54, 1.807) is 38.4 Å². The summed E-state index contributed by atoms with van der Waals surface area (Å²) in [5, 5.41) is 9.08. The summed E-state index contributed by atoms with van der Waals surface area (Å²) in [4.78, 5) is 26.7. The Labute approximate surface area is 127 Å². The number of aliphatic carboxylic acids is 1. The lowest BCUT2D eigenvalue weighted by molar-refractivity contribution is -0.141. The van der Waals surface area contributed by atoms with E-state index in [2.05, 4.69) is 0 Å². The zero-order chi connectivity index (χ0) is 15.6. The third kappa shape index (κ3) is 3.07. The Morgan fingerprint density at radius 1 is 1.48 bits per heavy atom. The minimum absolute atomic E-state index is 0.161. The second kappa shape index (κ2) is 6.26. The third-order valence-corrected chi connectivity index (χ3v) is 4.67. The molecule has 2 amide bonds. The highest BCUT2D eigenvalue weighted by Crippen LogP contribution is 2.31. The lowest BCUT2D eigenvalue weighted by Gasteiger charge is -2.30. The monoisotopic (exact) mass is 310 g/mol. The predicted octanol–water partition coefficient (Wildman–Crippen LogP) is 2.10. The standard InChI is InChI=1S/C14H18N2O4S/c1-9-16(12(8-21-9)13(17)18)14(19)15(2)10-5-4-6-11(7-10)20-3/h4-7,9,12H,8H2,1-3H3,(H,17,18). The lowest BCUT2D eigenvalue weighted by atomic mass is 10.2. The number of carboxylic acids is 1. The van der Waals surface area contributed by atoms with Gasteiger partial charge in [-0.1, -0.05) is 6.07 Å². The molecule has 6 nitrogen and oxygen atoms in total. The fourth-order valence-electron chi connectivity index (χ4n) is 2.23. The van der Waals surface area contributed by atoms with Crippen molar-refractivity contribution in [2.75, 3.05) is 24.8 Å². The molecule has 114 valence electrons. The van der Waals surface area contributed by atoms with E-state index in [1.807, 2.05) is 6.92 Å². The molecule has 1 aromatic rings. The highest BCUT2D eigenvalue weighted by atomic mass is 32.2. The summed E-state index contributed by atoms with van der Waals surface area (Å²) in [5.74, 6) is 0.0822. The van der Waals surface area contributed by atoms with Crippen LogP contribution >= 0.6 is 11.8 Å².